The molecule has 4 nitrogen and oxygen atoms in total. The molecule has 0 aromatic heterocycles. The Bertz CT molecular complexity index is 112. The average molecular weight is 130 g/mol. The summed E-state index contributed by atoms with van der Waals surface area (Å²) in [6.07, 6.45) is 3.01. The summed E-state index contributed by atoms with van der Waals surface area (Å²) in [7, 11) is 0. The van der Waals surface area contributed by atoms with Crippen LogP contribution in [0.3, 0.4) is 0 Å². The second-order valence-corrected chi connectivity index (χ2v) is 1.45. The highest BCUT2D eigenvalue weighted by Gasteiger charge is 1.90. The predicted octanol–water partition coefficient (Wildman–Crippen LogP) is -0.867. The zero-order valence-electron chi connectivity index (χ0n) is 5.00. The van der Waals surface area contributed by atoms with Crippen molar-refractivity contribution in [3.63, 3.8) is 0 Å². The van der Waals surface area contributed by atoms with Gasteiger partial charge in [-0.1, -0.05) is 6.08 Å². The number of carbonyl (C=O) groups is 1. The second-order valence-electron chi connectivity index (χ2n) is 1.45. The highest BCUT2D eigenvalue weighted by Crippen LogP contribution is 1.62. The first-order chi connectivity index (χ1) is 4.27. The van der Waals surface area contributed by atoms with Gasteiger partial charge in [0.25, 0.3) is 0 Å². The van der Waals surface area contributed by atoms with Crippen molar-refractivity contribution in [3.8, 4) is 0 Å². The summed E-state index contributed by atoms with van der Waals surface area (Å²) in [5.74, 6) is -0.861. The largest absolute Gasteiger partial charge is 0.480 e. The summed E-state index contributed by atoms with van der Waals surface area (Å²) in [6, 6.07) is 0. The molecule has 0 rings (SSSR count). The molecule has 0 radical (unpaired) electrons. The Morgan fingerprint density at radius 1 is 1.78 bits per heavy atom. The molecule has 0 aliphatic carbocycles. The van der Waals surface area contributed by atoms with Crippen LogP contribution in [0.15, 0.2) is 12.3 Å². The standard InChI is InChI=1S/C5H10N2O2/c6-2-1-3-7-4-5(8)9/h1-2,7H,3-4,6H2,(H,8,9). The summed E-state index contributed by atoms with van der Waals surface area (Å²) in [6.45, 7) is 0.479. The number of nitrogens with one attached hydrogen (secondary N) is 1. The van der Waals surface area contributed by atoms with Crippen LogP contribution in [-0.2, 0) is 4.79 Å². The number of aliphatic carboxylic acids is 1. The third-order valence-corrected chi connectivity index (χ3v) is 0.674. The first-order valence-corrected chi connectivity index (χ1v) is 2.56. The van der Waals surface area contributed by atoms with Crippen LogP contribution in [0, 0.1) is 0 Å². The molecule has 0 saturated carbocycles. The van der Waals surface area contributed by atoms with Crippen molar-refractivity contribution in [2.45, 2.75) is 0 Å². The lowest BCUT2D eigenvalue weighted by Gasteiger charge is -1.92. The molecule has 0 heterocycles. The Kier molecular flexibility index (Phi) is 4.53. The molecule has 52 valence electrons. The lowest BCUT2D eigenvalue weighted by molar-refractivity contribution is -0.135. The Labute approximate surface area is 53.4 Å². The minimum atomic E-state index is -0.861. The highest BCUT2D eigenvalue weighted by atomic mass is 16.4. The van der Waals surface area contributed by atoms with Gasteiger partial charge < -0.3 is 16.2 Å². The molecule has 0 atom stereocenters. The van der Waals surface area contributed by atoms with Gasteiger partial charge in [-0.25, -0.2) is 0 Å². The fourth-order valence-corrected chi connectivity index (χ4v) is 0.330. The maximum Gasteiger partial charge on any atom is 0.317 e. The summed E-state index contributed by atoms with van der Waals surface area (Å²) in [5.41, 5.74) is 4.98. The van der Waals surface area contributed by atoms with Crippen molar-refractivity contribution >= 4 is 5.97 Å². The number of carboxylic acid groups (broad SMARTS) is 1. The normalized spacial score (nSPS) is 10.2. The Balaban J connectivity index is 3.01. The van der Waals surface area contributed by atoms with Crippen LogP contribution in [0.25, 0.3) is 0 Å². The van der Waals surface area contributed by atoms with Crippen LogP contribution in [0.2, 0.25) is 0 Å². The fraction of sp³-hybridized carbons (Fsp3) is 0.400. The quantitative estimate of drug-likeness (QED) is 0.432. The lowest BCUT2D eigenvalue weighted by Crippen LogP contribution is -2.22. The van der Waals surface area contributed by atoms with Gasteiger partial charge in [-0.15, -0.1) is 0 Å². The Hall–Kier alpha value is -1.03. The fourth-order valence-electron chi connectivity index (χ4n) is 0.330. The van der Waals surface area contributed by atoms with Crippen molar-refractivity contribution in [1.29, 1.82) is 0 Å². The predicted molar refractivity (Wildman–Crippen MR) is 33.8 cm³/mol. The molecule has 0 aliphatic rings. The summed E-state index contributed by atoms with van der Waals surface area (Å²) < 4.78 is 0. The minimum Gasteiger partial charge on any atom is -0.480 e. The molecule has 0 amide bonds. The van der Waals surface area contributed by atoms with Gasteiger partial charge in [0, 0.05) is 6.54 Å². The maximum absolute atomic E-state index is 9.84. The summed E-state index contributed by atoms with van der Waals surface area (Å²) in [4.78, 5) is 9.84. The van der Waals surface area contributed by atoms with Crippen LogP contribution >= 0.6 is 0 Å². The number of hydrogen-bond acceptors (Lipinski definition) is 3. The molecule has 9 heavy (non-hydrogen) atoms. The lowest BCUT2D eigenvalue weighted by atomic mass is 10.5. The van der Waals surface area contributed by atoms with Crippen molar-refractivity contribution in [3.05, 3.63) is 12.3 Å². The van der Waals surface area contributed by atoms with Crippen LogP contribution < -0.4 is 11.1 Å². The number of carboxylic acids is 1. The van der Waals surface area contributed by atoms with Crippen LogP contribution in [-0.4, -0.2) is 24.2 Å². The third kappa shape index (κ3) is 6.97. The zero-order valence-corrected chi connectivity index (χ0v) is 5.00. The molecule has 4 N–H and O–H groups in total. The molecule has 4 heteroatoms. The molecule has 0 aromatic rings. The van der Waals surface area contributed by atoms with E-state index in [9.17, 15) is 4.79 Å². The van der Waals surface area contributed by atoms with Gasteiger partial charge in [-0.3, -0.25) is 4.79 Å². The highest BCUT2D eigenvalue weighted by molar-refractivity contribution is 5.68. The van der Waals surface area contributed by atoms with Crippen molar-refractivity contribution in [1.82, 2.24) is 5.32 Å². The molecular weight excluding hydrogens is 120 g/mol. The van der Waals surface area contributed by atoms with Crippen molar-refractivity contribution < 1.29 is 9.90 Å². The van der Waals surface area contributed by atoms with Gasteiger partial charge in [0.05, 0.1) is 6.54 Å². The van der Waals surface area contributed by atoms with Crippen LogP contribution in [0.5, 0.6) is 0 Å². The molecular formula is C5H10N2O2. The van der Waals surface area contributed by atoms with E-state index in [0.717, 1.165) is 0 Å². The van der Waals surface area contributed by atoms with Gasteiger partial charge in [-0.2, -0.15) is 0 Å². The minimum absolute atomic E-state index is 0.0235. The van der Waals surface area contributed by atoms with E-state index >= 15 is 0 Å². The molecule has 0 bridgehead atoms. The van der Waals surface area contributed by atoms with Crippen molar-refractivity contribution in [2.75, 3.05) is 13.1 Å². The van der Waals surface area contributed by atoms with E-state index < -0.39 is 5.97 Å². The van der Waals surface area contributed by atoms with E-state index in [4.69, 9.17) is 10.8 Å². The number of rotatable bonds is 4. The van der Waals surface area contributed by atoms with E-state index in [-0.39, 0.29) is 6.54 Å². The first-order valence-electron chi connectivity index (χ1n) is 2.56. The third-order valence-electron chi connectivity index (χ3n) is 0.674. The van der Waals surface area contributed by atoms with E-state index in [0.29, 0.717) is 6.54 Å². The van der Waals surface area contributed by atoms with E-state index in [2.05, 4.69) is 5.32 Å². The van der Waals surface area contributed by atoms with E-state index in [1.807, 2.05) is 0 Å². The number of hydrogen-bond donors (Lipinski definition) is 3. The Morgan fingerprint density at radius 3 is 2.89 bits per heavy atom. The molecule has 0 spiro atoms. The van der Waals surface area contributed by atoms with E-state index in [1.54, 1.807) is 6.08 Å². The van der Waals surface area contributed by atoms with Crippen LogP contribution in [0.1, 0.15) is 0 Å². The van der Waals surface area contributed by atoms with Crippen LogP contribution in [0.4, 0.5) is 0 Å². The average Bonchev–Trinajstić information content (AvgIpc) is 1.80. The molecule has 0 saturated heterocycles. The SMILES string of the molecule is NC=CCNCC(=O)O. The second kappa shape index (κ2) is 5.11. The Morgan fingerprint density at radius 2 is 2.44 bits per heavy atom. The molecule has 0 aliphatic heterocycles. The number of nitrogens with two attached hydrogens (primary N) is 1. The first kappa shape index (κ1) is 7.97. The monoisotopic (exact) mass is 130 g/mol. The molecule has 0 unspecified atom stereocenters. The zero-order chi connectivity index (χ0) is 7.11. The van der Waals surface area contributed by atoms with Gasteiger partial charge in [-0.05, 0) is 6.20 Å². The van der Waals surface area contributed by atoms with Gasteiger partial charge in [0.2, 0.25) is 0 Å². The van der Waals surface area contributed by atoms with Gasteiger partial charge >= 0.3 is 5.97 Å². The van der Waals surface area contributed by atoms with E-state index in [1.165, 1.54) is 6.20 Å². The maximum atomic E-state index is 9.84. The van der Waals surface area contributed by atoms with Gasteiger partial charge in [0.15, 0.2) is 0 Å². The molecule has 0 fully saturated rings. The van der Waals surface area contributed by atoms with Crippen molar-refractivity contribution in [2.24, 2.45) is 5.73 Å². The molecule has 0 aromatic carbocycles. The smallest absolute Gasteiger partial charge is 0.317 e. The topological polar surface area (TPSA) is 75.3 Å². The van der Waals surface area contributed by atoms with Gasteiger partial charge in [0.1, 0.15) is 0 Å². The summed E-state index contributed by atoms with van der Waals surface area (Å²) in [5, 5.41) is 10.7. The summed E-state index contributed by atoms with van der Waals surface area (Å²) >= 11 is 0.